The first-order valence-electron chi connectivity index (χ1n) is 10.2. The number of hydrogen-bond donors (Lipinski definition) is 2. The predicted molar refractivity (Wildman–Crippen MR) is 110 cm³/mol. The Morgan fingerprint density at radius 1 is 1.24 bits per heavy atom. The number of fused-ring (bicyclic) bond motifs is 1. The number of pyridine rings is 2. The van der Waals surface area contributed by atoms with Crippen molar-refractivity contribution in [3.05, 3.63) is 48.0 Å². The maximum Gasteiger partial charge on any atom is 0.241 e. The Hall–Kier alpha value is -2.67. The summed E-state index contributed by atoms with van der Waals surface area (Å²) in [7, 11) is 0. The summed E-state index contributed by atoms with van der Waals surface area (Å²) in [6, 6.07) is 7.57. The molecule has 1 saturated carbocycles. The predicted octanol–water partition coefficient (Wildman–Crippen LogP) is 2.18. The van der Waals surface area contributed by atoms with Crippen LogP contribution >= 0.6 is 0 Å². The number of carbonyl (C=O) groups is 1. The molecule has 2 aromatic heterocycles. The molecule has 154 valence electrons. The topological polar surface area (TPSA) is 87.6 Å². The van der Waals surface area contributed by atoms with Crippen molar-refractivity contribution in [1.29, 1.82) is 0 Å². The molecule has 0 radical (unpaired) electrons. The summed E-state index contributed by atoms with van der Waals surface area (Å²) in [5.74, 6) is 1.48. The van der Waals surface area contributed by atoms with Crippen LogP contribution < -0.4 is 10.1 Å². The largest absolute Gasteiger partial charge is 0.486 e. The standard InChI is InChI=1S/C22H28N4O3/c1-14-5-6-20(15(2)25-14)29-21-9-17-13-26(12-16(17)8-19(21)27)22(28)11-24-18-4-3-7-23-10-18/h3-7,10,16-17,19,21,24,27H,8-9,11-13H2,1-2H3/t16-,17+,19+,21+/m0/s1. The molecule has 2 fully saturated rings. The third-order valence-electron chi connectivity index (χ3n) is 6.00. The highest BCUT2D eigenvalue weighted by Crippen LogP contribution is 2.38. The van der Waals surface area contributed by atoms with Crippen molar-refractivity contribution in [2.45, 2.75) is 38.9 Å². The van der Waals surface area contributed by atoms with E-state index in [0.717, 1.165) is 35.8 Å². The Labute approximate surface area is 171 Å². The lowest BCUT2D eigenvalue weighted by atomic mass is 9.78. The van der Waals surface area contributed by atoms with E-state index in [9.17, 15) is 9.90 Å². The Morgan fingerprint density at radius 2 is 2.03 bits per heavy atom. The lowest BCUT2D eigenvalue weighted by Crippen LogP contribution is -2.42. The fourth-order valence-corrected chi connectivity index (χ4v) is 4.44. The molecule has 1 aliphatic heterocycles. The second-order valence-electron chi connectivity index (χ2n) is 8.15. The van der Waals surface area contributed by atoms with Gasteiger partial charge in [0.15, 0.2) is 0 Å². The number of anilines is 1. The fourth-order valence-electron chi connectivity index (χ4n) is 4.44. The molecule has 2 aliphatic rings. The van der Waals surface area contributed by atoms with E-state index in [2.05, 4.69) is 15.3 Å². The maximum atomic E-state index is 12.6. The number of aliphatic hydroxyl groups excluding tert-OH is 1. The van der Waals surface area contributed by atoms with Gasteiger partial charge in [0.05, 0.1) is 24.0 Å². The van der Waals surface area contributed by atoms with Crippen LogP contribution in [0.4, 0.5) is 5.69 Å². The summed E-state index contributed by atoms with van der Waals surface area (Å²) in [5.41, 5.74) is 2.62. The molecular formula is C22H28N4O3. The normalized spacial score (nSPS) is 26.1. The minimum absolute atomic E-state index is 0.0776. The Bertz CT molecular complexity index is 860. The molecule has 7 nitrogen and oxygen atoms in total. The number of aliphatic hydroxyl groups is 1. The van der Waals surface area contributed by atoms with Gasteiger partial charge in [-0.25, -0.2) is 0 Å². The molecule has 7 heteroatoms. The SMILES string of the molecule is Cc1ccc(O[C@@H]2C[C@@H]3CN(C(=O)CNc4cccnc4)C[C@@H]3C[C@H]2O)c(C)n1. The lowest BCUT2D eigenvalue weighted by molar-refractivity contribution is -0.128. The molecule has 0 spiro atoms. The number of hydrogen-bond acceptors (Lipinski definition) is 6. The van der Waals surface area contributed by atoms with Crippen LogP contribution in [0.3, 0.4) is 0 Å². The molecule has 4 rings (SSSR count). The van der Waals surface area contributed by atoms with Crippen LogP contribution in [0.1, 0.15) is 24.2 Å². The Balaban J connectivity index is 1.34. The molecule has 29 heavy (non-hydrogen) atoms. The van der Waals surface area contributed by atoms with Crippen LogP contribution in [0.25, 0.3) is 0 Å². The molecule has 0 bridgehead atoms. The maximum absolute atomic E-state index is 12.6. The first kappa shape index (κ1) is 19.6. The van der Waals surface area contributed by atoms with Crippen molar-refractivity contribution in [2.75, 3.05) is 25.0 Å². The van der Waals surface area contributed by atoms with Crippen LogP contribution in [-0.4, -0.2) is 57.7 Å². The van der Waals surface area contributed by atoms with Crippen LogP contribution in [0.15, 0.2) is 36.7 Å². The number of carbonyl (C=O) groups excluding carboxylic acids is 1. The van der Waals surface area contributed by atoms with Crippen molar-refractivity contribution in [3.8, 4) is 5.75 Å². The van der Waals surface area contributed by atoms with Gasteiger partial charge >= 0.3 is 0 Å². The average Bonchev–Trinajstić information content (AvgIpc) is 3.12. The molecule has 4 atom stereocenters. The van der Waals surface area contributed by atoms with Gasteiger partial charge in [-0.3, -0.25) is 14.8 Å². The third-order valence-corrected chi connectivity index (χ3v) is 6.00. The summed E-state index contributed by atoms with van der Waals surface area (Å²) in [4.78, 5) is 23.0. The first-order valence-corrected chi connectivity index (χ1v) is 10.2. The second kappa shape index (κ2) is 8.37. The zero-order chi connectivity index (χ0) is 20.4. The summed E-state index contributed by atoms with van der Waals surface area (Å²) in [6.45, 7) is 5.54. The summed E-state index contributed by atoms with van der Waals surface area (Å²) in [5, 5.41) is 13.8. The fraction of sp³-hybridized carbons (Fsp3) is 0.500. The zero-order valence-corrected chi connectivity index (χ0v) is 16.9. The number of nitrogens with zero attached hydrogens (tertiary/aromatic N) is 3. The van der Waals surface area contributed by atoms with E-state index in [1.807, 2.05) is 43.0 Å². The summed E-state index contributed by atoms with van der Waals surface area (Å²) >= 11 is 0. The number of aromatic nitrogens is 2. The van der Waals surface area contributed by atoms with E-state index in [-0.39, 0.29) is 18.6 Å². The molecule has 1 saturated heterocycles. The van der Waals surface area contributed by atoms with Gasteiger partial charge in [-0.05, 0) is 62.8 Å². The van der Waals surface area contributed by atoms with Crippen molar-refractivity contribution >= 4 is 11.6 Å². The van der Waals surface area contributed by atoms with Gasteiger partial charge in [0.25, 0.3) is 0 Å². The van der Waals surface area contributed by atoms with Crippen molar-refractivity contribution in [2.24, 2.45) is 11.8 Å². The number of aryl methyl sites for hydroxylation is 2. The molecule has 0 unspecified atom stereocenters. The molecule has 1 amide bonds. The van der Waals surface area contributed by atoms with Crippen LogP contribution in [0, 0.1) is 25.7 Å². The number of amides is 1. The molecule has 0 aromatic carbocycles. The highest BCUT2D eigenvalue weighted by atomic mass is 16.5. The lowest BCUT2D eigenvalue weighted by Gasteiger charge is -2.35. The van der Waals surface area contributed by atoms with E-state index in [1.54, 1.807) is 12.4 Å². The van der Waals surface area contributed by atoms with Crippen LogP contribution in [-0.2, 0) is 4.79 Å². The van der Waals surface area contributed by atoms with Crippen LogP contribution in [0.2, 0.25) is 0 Å². The number of rotatable bonds is 5. The minimum Gasteiger partial charge on any atom is -0.486 e. The highest BCUT2D eigenvalue weighted by Gasteiger charge is 2.43. The van der Waals surface area contributed by atoms with Gasteiger partial charge in [-0.1, -0.05) is 0 Å². The molecule has 2 aromatic rings. The Kier molecular flexibility index (Phi) is 5.67. The van der Waals surface area contributed by atoms with Crippen molar-refractivity contribution in [3.63, 3.8) is 0 Å². The number of ether oxygens (including phenoxy) is 1. The van der Waals surface area contributed by atoms with Gasteiger partial charge in [0, 0.05) is 31.2 Å². The second-order valence-corrected chi connectivity index (χ2v) is 8.15. The zero-order valence-electron chi connectivity index (χ0n) is 16.9. The Morgan fingerprint density at radius 3 is 2.76 bits per heavy atom. The highest BCUT2D eigenvalue weighted by molar-refractivity contribution is 5.81. The van der Waals surface area contributed by atoms with Gasteiger partial charge in [-0.2, -0.15) is 0 Å². The monoisotopic (exact) mass is 396 g/mol. The molecule has 2 N–H and O–H groups in total. The summed E-state index contributed by atoms with van der Waals surface area (Å²) < 4.78 is 6.13. The quantitative estimate of drug-likeness (QED) is 0.806. The molecule has 3 heterocycles. The van der Waals surface area contributed by atoms with Crippen molar-refractivity contribution in [1.82, 2.24) is 14.9 Å². The third kappa shape index (κ3) is 4.50. The van der Waals surface area contributed by atoms with Gasteiger partial charge < -0.3 is 20.1 Å². The average molecular weight is 396 g/mol. The molecular weight excluding hydrogens is 368 g/mol. The van der Waals surface area contributed by atoms with Gasteiger partial charge in [-0.15, -0.1) is 0 Å². The minimum atomic E-state index is -0.527. The van der Waals surface area contributed by atoms with Crippen LogP contribution in [0.5, 0.6) is 5.75 Å². The number of nitrogens with one attached hydrogen (secondary N) is 1. The molecule has 1 aliphatic carbocycles. The van der Waals surface area contributed by atoms with E-state index in [1.165, 1.54) is 0 Å². The van der Waals surface area contributed by atoms with Gasteiger partial charge in [0.1, 0.15) is 11.9 Å². The van der Waals surface area contributed by atoms with Crippen molar-refractivity contribution < 1.29 is 14.6 Å². The van der Waals surface area contributed by atoms with E-state index in [0.29, 0.717) is 24.8 Å². The van der Waals surface area contributed by atoms with E-state index >= 15 is 0 Å². The van der Waals surface area contributed by atoms with Gasteiger partial charge in [0.2, 0.25) is 5.91 Å². The number of likely N-dealkylation sites (tertiary alicyclic amines) is 1. The van der Waals surface area contributed by atoms with E-state index in [4.69, 9.17) is 4.74 Å². The van der Waals surface area contributed by atoms with E-state index < -0.39 is 6.10 Å². The smallest absolute Gasteiger partial charge is 0.241 e. The summed E-state index contributed by atoms with van der Waals surface area (Å²) in [6.07, 6.45) is 4.03. The first-order chi connectivity index (χ1) is 14.0.